The van der Waals surface area contributed by atoms with E-state index >= 15 is 0 Å². The van der Waals surface area contributed by atoms with Crippen LogP contribution < -0.4 is 21.5 Å². The molecular weight excluding hydrogens is 414 g/mol. The lowest BCUT2D eigenvalue weighted by molar-refractivity contribution is -0.116. The molecule has 164 valence electrons. The number of piperidine rings is 1. The SMILES string of the molecule is CCCn1c(=O)c2sc(N3CCCCC3)nc2n(CC(=O)Nc2cccc(C)c2)c1=O. The lowest BCUT2D eigenvalue weighted by atomic mass is 10.1. The van der Waals surface area contributed by atoms with Crippen molar-refractivity contribution >= 4 is 38.4 Å². The van der Waals surface area contributed by atoms with E-state index in [1.165, 1.54) is 26.9 Å². The van der Waals surface area contributed by atoms with Gasteiger partial charge in [0, 0.05) is 25.3 Å². The first-order valence-corrected chi connectivity index (χ1v) is 11.5. The van der Waals surface area contributed by atoms with Crippen LogP contribution >= 0.6 is 11.3 Å². The van der Waals surface area contributed by atoms with E-state index in [1.807, 2.05) is 32.0 Å². The number of carbonyl (C=O) groups is 1. The normalized spacial score (nSPS) is 14.2. The molecule has 3 aromatic rings. The second kappa shape index (κ2) is 9.05. The number of thiazole rings is 1. The number of rotatable bonds is 6. The van der Waals surface area contributed by atoms with E-state index in [0.29, 0.717) is 29.0 Å². The first kappa shape index (κ1) is 21.3. The molecule has 2 aromatic heterocycles. The summed E-state index contributed by atoms with van der Waals surface area (Å²) in [5, 5.41) is 3.58. The van der Waals surface area contributed by atoms with Gasteiger partial charge in [-0.15, -0.1) is 0 Å². The Bertz CT molecular complexity index is 1220. The first-order valence-electron chi connectivity index (χ1n) is 10.7. The maximum absolute atomic E-state index is 13.1. The van der Waals surface area contributed by atoms with Gasteiger partial charge in [0.25, 0.3) is 5.56 Å². The Kier molecular flexibility index (Phi) is 6.22. The summed E-state index contributed by atoms with van der Waals surface area (Å²) in [4.78, 5) is 45.7. The van der Waals surface area contributed by atoms with E-state index in [9.17, 15) is 14.4 Å². The largest absolute Gasteiger partial charge is 0.348 e. The molecule has 1 aromatic carbocycles. The van der Waals surface area contributed by atoms with Crippen molar-refractivity contribution in [3.63, 3.8) is 0 Å². The van der Waals surface area contributed by atoms with Crippen LogP contribution in [-0.2, 0) is 17.9 Å². The summed E-state index contributed by atoms with van der Waals surface area (Å²) in [7, 11) is 0. The fourth-order valence-electron chi connectivity index (χ4n) is 3.92. The quantitative estimate of drug-likeness (QED) is 0.635. The first-order chi connectivity index (χ1) is 15.0. The molecule has 1 aliphatic rings. The second-order valence-corrected chi connectivity index (χ2v) is 8.92. The maximum Gasteiger partial charge on any atom is 0.333 e. The van der Waals surface area contributed by atoms with Crippen LogP contribution in [-0.4, -0.2) is 33.1 Å². The number of aryl methyl sites for hydroxylation is 1. The minimum absolute atomic E-state index is 0.198. The Labute approximate surface area is 184 Å². The molecule has 9 heteroatoms. The van der Waals surface area contributed by atoms with Crippen molar-refractivity contribution < 1.29 is 4.79 Å². The zero-order valence-electron chi connectivity index (χ0n) is 17.9. The molecular formula is C22H27N5O3S. The van der Waals surface area contributed by atoms with E-state index in [0.717, 1.165) is 36.6 Å². The molecule has 1 amide bonds. The third-order valence-corrected chi connectivity index (χ3v) is 6.53. The highest BCUT2D eigenvalue weighted by Crippen LogP contribution is 2.28. The smallest absolute Gasteiger partial charge is 0.333 e. The molecule has 1 N–H and O–H groups in total. The fraction of sp³-hybridized carbons (Fsp3) is 0.455. The topological polar surface area (TPSA) is 89.2 Å². The van der Waals surface area contributed by atoms with Crippen LogP contribution in [0.1, 0.15) is 38.2 Å². The molecule has 1 saturated heterocycles. The fourth-order valence-corrected chi connectivity index (χ4v) is 4.99. The van der Waals surface area contributed by atoms with Gasteiger partial charge in [-0.3, -0.25) is 18.7 Å². The van der Waals surface area contributed by atoms with Crippen molar-refractivity contribution in [1.82, 2.24) is 14.1 Å². The second-order valence-electron chi connectivity index (χ2n) is 7.94. The number of carbonyl (C=O) groups excluding carboxylic acids is 1. The standard InChI is InChI=1S/C22H27N5O3S/c1-3-10-26-20(29)18-19(24-21(31-18)25-11-5-4-6-12-25)27(22(26)30)14-17(28)23-16-9-7-8-15(2)13-16/h7-9,13H,3-6,10-12,14H2,1-2H3,(H,23,28). The Morgan fingerprint density at radius 1 is 1.16 bits per heavy atom. The van der Waals surface area contributed by atoms with E-state index in [4.69, 9.17) is 0 Å². The third kappa shape index (κ3) is 4.41. The maximum atomic E-state index is 13.1. The Hall–Kier alpha value is -2.94. The van der Waals surface area contributed by atoms with Gasteiger partial charge in [-0.1, -0.05) is 30.4 Å². The minimum atomic E-state index is -0.491. The molecule has 0 spiro atoms. The van der Waals surface area contributed by atoms with Gasteiger partial charge in [0.05, 0.1) is 0 Å². The highest BCUT2D eigenvalue weighted by molar-refractivity contribution is 7.22. The summed E-state index contributed by atoms with van der Waals surface area (Å²) >= 11 is 1.32. The van der Waals surface area contributed by atoms with Crippen molar-refractivity contribution in [3.8, 4) is 0 Å². The number of nitrogens with zero attached hydrogens (tertiary/aromatic N) is 4. The van der Waals surface area contributed by atoms with Gasteiger partial charge in [0.1, 0.15) is 11.2 Å². The van der Waals surface area contributed by atoms with Crippen molar-refractivity contribution in [3.05, 3.63) is 50.7 Å². The number of aromatic nitrogens is 3. The molecule has 8 nitrogen and oxygen atoms in total. The summed E-state index contributed by atoms with van der Waals surface area (Å²) in [5.74, 6) is -0.330. The highest BCUT2D eigenvalue weighted by Gasteiger charge is 2.22. The van der Waals surface area contributed by atoms with Crippen molar-refractivity contribution in [2.75, 3.05) is 23.3 Å². The van der Waals surface area contributed by atoms with Crippen LogP contribution in [0.4, 0.5) is 10.8 Å². The van der Waals surface area contributed by atoms with Crippen molar-refractivity contribution in [1.29, 1.82) is 0 Å². The Morgan fingerprint density at radius 2 is 1.94 bits per heavy atom. The van der Waals surface area contributed by atoms with Gasteiger partial charge >= 0.3 is 5.69 Å². The van der Waals surface area contributed by atoms with Gasteiger partial charge in [0.2, 0.25) is 5.91 Å². The molecule has 1 fully saturated rings. The predicted octanol–water partition coefficient (Wildman–Crippen LogP) is 2.97. The van der Waals surface area contributed by atoms with Crippen LogP contribution in [0.5, 0.6) is 0 Å². The third-order valence-electron chi connectivity index (χ3n) is 5.43. The zero-order chi connectivity index (χ0) is 22.0. The molecule has 31 heavy (non-hydrogen) atoms. The monoisotopic (exact) mass is 441 g/mol. The molecule has 0 bridgehead atoms. The van der Waals surface area contributed by atoms with E-state index in [2.05, 4.69) is 15.2 Å². The van der Waals surface area contributed by atoms with Gasteiger partial charge < -0.3 is 10.2 Å². The molecule has 0 radical (unpaired) electrons. The molecule has 3 heterocycles. The summed E-state index contributed by atoms with van der Waals surface area (Å²) < 4.78 is 2.99. The summed E-state index contributed by atoms with van der Waals surface area (Å²) in [6, 6.07) is 7.48. The van der Waals surface area contributed by atoms with E-state index in [-0.39, 0.29) is 18.0 Å². The van der Waals surface area contributed by atoms with Gasteiger partial charge in [-0.25, -0.2) is 9.78 Å². The molecule has 0 aliphatic carbocycles. The minimum Gasteiger partial charge on any atom is -0.348 e. The molecule has 4 rings (SSSR count). The molecule has 0 atom stereocenters. The number of anilines is 2. The van der Waals surface area contributed by atoms with Crippen molar-refractivity contribution in [2.45, 2.75) is 52.6 Å². The van der Waals surface area contributed by atoms with Crippen LogP contribution in [0.15, 0.2) is 33.9 Å². The zero-order valence-corrected chi connectivity index (χ0v) is 18.7. The number of fused-ring (bicyclic) bond motifs is 1. The highest BCUT2D eigenvalue weighted by atomic mass is 32.1. The average Bonchev–Trinajstić information content (AvgIpc) is 3.20. The summed E-state index contributed by atoms with van der Waals surface area (Å²) in [5.41, 5.74) is 1.18. The van der Waals surface area contributed by atoms with Crippen molar-refractivity contribution in [2.24, 2.45) is 0 Å². The van der Waals surface area contributed by atoms with Crippen LogP contribution in [0.2, 0.25) is 0 Å². The number of hydrogen-bond donors (Lipinski definition) is 1. The Morgan fingerprint density at radius 3 is 2.65 bits per heavy atom. The lowest BCUT2D eigenvalue weighted by Crippen LogP contribution is -2.41. The van der Waals surface area contributed by atoms with Gasteiger partial charge in [0.15, 0.2) is 10.8 Å². The Balaban J connectivity index is 1.74. The number of amides is 1. The van der Waals surface area contributed by atoms with Gasteiger partial charge in [-0.05, 0) is 50.3 Å². The number of benzene rings is 1. The number of hydrogen-bond acceptors (Lipinski definition) is 6. The van der Waals surface area contributed by atoms with Gasteiger partial charge in [-0.2, -0.15) is 0 Å². The lowest BCUT2D eigenvalue weighted by Gasteiger charge is -2.25. The van der Waals surface area contributed by atoms with Crippen LogP contribution in [0.3, 0.4) is 0 Å². The summed E-state index contributed by atoms with van der Waals surface area (Å²) in [6.07, 6.45) is 4.01. The number of nitrogens with one attached hydrogen (secondary N) is 1. The summed E-state index contributed by atoms with van der Waals surface area (Å²) in [6.45, 7) is 5.75. The molecule has 0 unspecified atom stereocenters. The van der Waals surface area contributed by atoms with E-state index in [1.54, 1.807) is 6.07 Å². The average molecular weight is 442 g/mol. The predicted molar refractivity (Wildman–Crippen MR) is 124 cm³/mol. The molecule has 0 saturated carbocycles. The van der Waals surface area contributed by atoms with Crippen LogP contribution in [0, 0.1) is 6.92 Å². The van der Waals surface area contributed by atoms with E-state index < -0.39 is 5.69 Å². The van der Waals surface area contributed by atoms with Crippen LogP contribution in [0.25, 0.3) is 10.3 Å². The molecule has 1 aliphatic heterocycles.